The monoisotopic (exact) mass is 304 g/mol. The fourth-order valence-electron chi connectivity index (χ4n) is 1.79. The first-order chi connectivity index (χ1) is 8.44. The van der Waals surface area contributed by atoms with E-state index >= 15 is 0 Å². The van der Waals surface area contributed by atoms with E-state index in [2.05, 4.69) is 10.6 Å². The van der Waals surface area contributed by atoms with Gasteiger partial charge in [0, 0.05) is 16.8 Å². The van der Waals surface area contributed by atoms with Crippen molar-refractivity contribution < 1.29 is 8.42 Å². The van der Waals surface area contributed by atoms with Gasteiger partial charge in [-0.25, -0.2) is 8.42 Å². The topological polar surface area (TPSA) is 58.2 Å². The summed E-state index contributed by atoms with van der Waals surface area (Å²) in [4.78, 5) is 0. The van der Waals surface area contributed by atoms with Gasteiger partial charge in [0.15, 0.2) is 14.9 Å². The van der Waals surface area contributed by atoms with Crippen LogP contribution < -0.4 is 10.6 Å². The summed E-state index contributed by atoms with van der Waals surface area (Å²) < 4.78 is 22.6. The highest BCUT2D eigenvalue weighted by atomic mass is 35.5. The molecule has 0 amide bonds. The first-order valence-electron chi connectivity index (χ1n) is 5.48. The third-order valence-electron chi connectivity index (χ3n) is 2.67. The molecule has 18 heavy (non-hydrogen) atoms. The molecule has 0 radical (unpaired) electrons. The van der Waals surface area contributed by atoms with Gasteiger partial charge < -0.3 is 10.6 Å². The second-order valence-corrected chi connectivity index (χ2v) is 7.28. The van der Waals surface area contributed by atoms with Crippen LogP contribution in [0.25, 0.3) is 0 Å². The first kappa shape index (κ1) is 13.6. The van der Waals surface area contributed by atoms with Gasteiger partial charge >= 0.3 is 0 Å². The molecular weight excluding hydrogens is 292 g/mol. The molecule has 1 aliphatic heterocycles. The Kier molecular flexibility index (Phi) is 4.09. The Labute approximate surface area is 117 Å². The fraction of sp³-hybridized carbons (Fsp3) is 0.364. The van der Waals surface area contributed by atoms with Crippen molar-refractivity contribution in [3.63, 3.8) is 0 Å². The van der Waals surface area contributed by atoms with Crippen LogP contribution in [0.4, 0.5) is 5.69 Å². The molecule has 1 saturated heterocycles. The van der Waals surface area contributed by atoms with E-state index < -0.39 is 9.84 Å². The van der Waals surface area contributed by atoms with Crippen molar-refractivity contribution in [3.8, 4) is 0 Å². The predicted octanol–water partition coefficient (Wildman–Crippen LogP) is 1.81. The van der Waals surface area contributed by atoms with Gasteiger partial charge in [-0.15, -0.1) is 0 Å². The molecule has 2 rings (SSSR count). The molecule has 98 valence electrons. The van der Waals surface area contributed by atoms with Crippen LogP contribution in [-0.2, 0) is 9.84 Å². The van der Waals surface area contributed by atoms with E-state index in [1.165, 1.54) is 0 Å². The number of thiocarbonyl (C=S) groups is 1. The zero-order valence-electron chi connectivity index (χ0n) is 9.52. The lowest BCUT2D eigenvalue weighted by Crippen LogP contribution is -2.38. The van der Waals surface area contributed by atoms with Crippen LogP contribution in [0.5, 0.6) is 0 Å². The Morgan fingerprint density at radius 1 is 1.33 bits per heavy atom. The molecule has 2 N–H and O–H groups in total. The van der Waals surface area contributed by atoms with Gasteiger partial charge in [0.1, 0.15) is 0 Å². The van der Waals surface area contributed by atoms with Crippen molar-refractivity contribution in [2.45, 2.75) is 12.5 Å². The van der Waals surface area contributed by atoms with Crippen LogP contribution >= 0.6 is 23.8 Å². The Bertz CT molecular complexity index is 543. The quantitative estimate of drug-likeness (QED) is 0.816. The van der Waals surface area contributed by atoms with Gasteiger partial charge in [0.25, 0.3) is 0 Å². The highest BCUT2D eigenvalue weighted by molar-refractivity contribution is 7.91. The molecule has 0 aromatic heterocycles. The van der Waals surface area contributed by atoms with Gasteiger partial charge in [-0.2, -0.15) is 0 Å². The van der Waals surface area contributed by atoms with Crippen LogP contribution in [0.3, 0.4) is 0 Å². The second-order valence-electron chi connectivity index (χ2n) is 4.21. The van der Waals surface area contributed by atoms with Crippen molar-refractivity contribution in [2.24, 2.45) is 0 Å². The average molecular weight is 305 g/mol. The molecule has 0 saturated carbocycles. The lowest BCUT2D eigenvalue weighted by Gasteiger charge is -2.14. The smallest absolute Gasteiger partial charge is 0.171 e. The highest BCUT2D eigenvalue weighted by Gasteiger charge is 2.28. The van der Waals surface area contributed by atoms with Crippen molar-refractivity contribution in [1.29, 1.82) is 0 Å². The maximum atomic E-state index is 11.3. The number of anilines is 1. The van der Waals surface area contributed by atoms with Gasteiger partial charge in [-0.05, 0) is 42.9 Å². The SMILES string of the molecule is O=S1(=O)CC[C@H](NC(=S)Nc2ccc(Cl)cc2)C1. The van der Waals surface area contributed by atoms with Crippen molar-refractivity contribution in [2.75, 3.05) is 16.8 Å². The zero-order valence-corrected chi connectivity index (χ0v) is 11.9. The van der Waals surface area contributed by atoms with E-state index in [4.69, 9.17) is 23.8 Å². The summed E-state index contributed by atoms with van der Waals surface area (Å²) in [6, 6.07) is 7.03. The van der Waals surface area contributed by atoms with E-state index in [-0.39, 0.29) is 17.5 Å². The maximum absolute atomic E-state index is 11.3. The minimum Gasteiger partial charge on any atom is -0.359 e. The average Bonchev–Trinajstić information content (AvgIpc) is 2.61. The lowest BCUT2D eigenvalue weighted by molar-refractivity contribution is 0.600. The number of halogens is 1. The number of hydrogen-bond acceptors (Lipinski definition) is 3. The fourth-order valence-corrected chi connectivity index (χ4v) is 3.88. The van der Waals surface area contributed by atoms with Crippen molar-refractivity contribution in [1.82, 2.24) is 5.32 Å². The number of sulfone groups is 1. The van der Waals surface area contributed by atoms with Crippen molar-refractivity contribution >= 4 is 44.5 Å². The predicted molar refractivity (Wildman–Crippen MR) is 77.9 cm³/mol. The molecule has 0 aliphatic carbocycles. The molecule has 0 spiro atoms. The molecule has 1 aliphatic rings. The molecule has 1 fully saturated rings. The van der Waals surface area contributed by atoms with E-state index in [0.29, 0.717) is 16.6 Å². The highest BCUT2D eigenvalue weighted by Crippen LogP contribution is 2.14. The summed E-state index contributed by atoms with van der Waals surface area (Å²) >= 11 is 10.9. The first-order valence-corrected chi connectivity index (χ1v) is 8.09. The van der Waals surface area contributed by atoms with Gasteiger partial charge in [0.2, 0.25) is 0 Å². The number of benzene rings is 1. The summed E-state index contributed by atoms with van der Waals surface area (Å²) in [5.41, 5.74) is 0.817. The molecule has 1 aromatic rings. The molecule has 0 unspecified atom stereocenters. The molecule has 0 bridgehead atoms. The molecular formula is C11H13ClN2O2S2. The maximum Gasteiger partial charge on any atom is 0.171 e. The van der Waals surface area contributed by atoms with E-state index in [1.54, 1.807) is 12.1 Å². The molecule has 1 atom stereocenters. The third kappa shape index (κ3) is 3.83. The van der Waals surface area contributed by atoms with E-state index in [1.807, 2.05) is 12.1 Å². The Morgan fingerprint density at radius 3 is 2.56 bits per heavy atom. The number of hydrogen-bond donors (Lipinski definition) is 2. The van der Waals surface area contributed by atoms with Crippen LogP contribution in [-0.4, -0.2) is 31.1 Å². The van der Waals surface area contributed by atoms with Gasteiger partial charge in [-0.3, -0.25) is 0 Å². The van der Waals surface area contributed by atoms with Gasteiger partial charge in [0.05, 0.1) is 11.5 Å². The largest absolute Gasteiger partial charge is 0.359 e. The number of nitrogens with one attached hydrogen (secondary N) is 2. The summed E-state index contributed by atoms with van der Waals surface area (Å²) in [6.07, 6.45) is 0.602. The third-order valence-corrected chi connectivity index (χ3v) is 4.91. The number of rotatable bonds is 2. The van der Waals surface area contributed by atoms with Crippen LogP contribution in [0.15, 0.2) is 24.3 Å². The minimum atomic E-state index is -2.89. The molecule has 4 nitrogen and oxygen atoms in total. The summed E-state index contributed by atoms with van der Waals surface area (Å²) in [5.74, 6) is 0.379. The Hall–Kier alpha value is -0.850. The van der Waals surface area contributed by atoms with E-state index in [0.717, 1.165) is 5.69 Å². The second kappa shape index (κ2) is 5.42. The summed E-state index contributed by atoms with van der Waals surface area (Å²) in [6.45, 7) is 0. The van der Waals surface area contributed by atoms with Crippen LogP contribution in [0.1, 0.15) is 6.42 Å². The molecule has 7 heteroatoms. The molecule has 1 aromatic carbocycles. The van der Waals surface area contributed by atoms with Crippen molar-refractivity contribution in [3.05, 3.63) is 29.3 Å². The van der Waals surface area contributed by atoms with E-state index in [9.17, 15) is 8.42 Å². The standard InChI is InChI=1S/C11H13ClN2O2S2/c12-8-1-3-9(4-2-8)13-11(17)14-10-5-6-18(15,16)7-10/h1-4,10H,5-7H2,(H2,13,14,17)/t10-/m0/s1. The Balaban J connectivity index is 1.88. The van der Waals surface area contributed by atoms with Gasteiger partial charge in [-0.1, -0.05) is 11.6 Å². The van der Waals surface area contributed by atoms with Crippen LogP contribution in [0.2, 0.25) is 5.02 Å². The Morgan fingerprint density at radius 2 is 2.00 bits per heavy atom. The lowest BCUT2D eigenvalue weighted by atomic mass is 10.3. The summed E-state index contributed by atoms with van der Waals surface area (Å²) in [7, 11) is -2.89. The molecule has 1 heterocycles. The normalized spacial score (nSPS) is 21.5. The van der Waals surface area contributed by atoms with Crippen LogP contribution in [0, 0.1) is 0 Å². The summed E-state index contributed by atoms with van der Waals surface area (Å²) in [5, 5.41) is 7.08. The zero-order chi connectivity index (χ0) is 13.2. The minimum absolute atomic E-state index is 0.0951.